The van der Waals surface area contributed by atoms with Gasteiger partial charge in [0.2, 0.25) is 0 Å². The van der Waals surface area contributed by atoms with E-state index in [1.54, 1.807) is 72.9 Å². The Bertz CT molecular complexity index is 1070. The number of aromatic nitrogens is 1. The number of rotatable bonds is 8. The van der Waals surface area contributed by atoms with Crippen LogP contribution >= 0.6 is 11.6 Å². The van der Waals surface area contributed by atoms with Crippen molar-refractivity contribution in [3.63, 3.8) is 0 Å². The average molecular weight is 536 g/mol. The minimum Gasteiger partial charge on any atom is -0.461 e. The van der Waals surface area contributed by atoms with Crippen LogP contribution in [0.5, 0.6) is 0 Å². The van der Waals surface area contributed by atoms with Crippen LogP contribution in [0.15, 0.2) is 30.5 Å². The number of nitrogens with one attached hydrogen (secondary N) is 2. The zero-order chi connectivity index (χ0) is 28.0. The molecule has 204 valence electrons. The van der Waals surface area contributed by atoms with Crippen LogP contribution in [-0.2, 0) is 20.8 Å². The molecule has 0 fully saturated rings. The van der Waals surface area contributed by atoms with Gasteiger partial charge in [-0.3, -0.25) is 0 Å². The molecule has 0 spiro atoms. The number of benzene rings is 1. The molecular weight excluding hydrogens is 498 g/mol. The Morgan fingerprint density at radius 2 is 1.59 bits per heavy atom. The minimum atomic E-state index is -0.827. The normalized spacial score (nSPS) is 12.5. The lowest BCUT2D eigenvalue weighted by atomic mass is 9.97. The van der Waals surface area contributed by atoms with E-state index >= 15 is 0 Å². The van der Waals surface area contributed by atoms with Gasteiger partial charge in [-0.15, -0.1) is 0 Å². The molecule has 2 N–H and O–H groups in total. The SMILES string of the molecule is CCOC(=O)c1[nH]ccc1NCc1ccc(Cl)cc1[C@@H](CC)N(C(=O)OC(C)(C)C)C(=O)OC(C)(C)C. The highest BCUT2D eigenvalue weighted by Gasteiger charge is 2.37. The van der Waals surface area contributed by atoms with Crippen LogP contribution in [0.25, 0.3) is 0 Å². The highest BCUT2D eigenvalue weighted by atomic mass is 35.5. The van der Waals surface area contributed by atoms with Crippen molar-refractivity contribution in [1.82, 2.24) is 9.88 Å². The second-order valence-corrected chi connectivity index (χ2v) is 10.9. The first-order valence-electron chi connectivity index (χ1n) is 12.3. The van der Waals surface area contributed by atoms with E-state index in [-0.39, 0.29) is 13.2 Å². The van der Waals surface area contributed by atoms with Crippen LogP contribution in [0, 0.1) is 0 Å². The highest BCUT2D eigenvalue weighted by Crippen LogP contribution is 2.33. The average Bonchev–Trinajstić information content (AvgIpc) is 3.22. The third kappa shape index (κ3) is 8.70. The van der Waals surface area contributed by atoms with Crippen LogP contribution < -0.4 is 5.32 Å². The van der Waals surface area contributed by atoms with E-state index in [9.17, 15) is 14.4 Å². The van der Waals surface area contributed by atoms with Crippen LogP contribution in [0.3, 0.4) is 0 Å². The van der Waals surface area contributed by atoms with E-state index in [1.807, 2.05) is 13.0 Å². The van der Waals surface area contributed by atoms with E-state index in [2.05, 4.69) is 10.3 Å². The first kappa shape index (κ1) is 30.0. The van der Waals surface area contributed by atoms with Gasteiger partial charge in [0.05, 0.1) is 18.3 Å². The monoisotopic (exact) mass is 535 g/mol. The molecule has 0 bridgehead atoms. The molecule has 37 heavy (non-hydrogen) atoms. The summed E-state index contributed by atoms with van der Waals surface area (Å²) in [5.41, 5.74) is 0.618. The van der Waals surface area contributed by atoms with Crippen LogP contribution in [-0.4, -0.2) is 45.8 Å². The van der Waals surface area contributed by atoms with Crippen LogP contribution in [0.4, 0.5) is 15.3 Å². The molecule has 1 atom stereocenters. The summed E-state index contributed by atoms with van der Waals surface area (Å²) in [7, 11) is 0. The van der Waals surface area contributed by atoms with Gasteiger partial charge in [-0.1, -0.05) is 24.6 Å². The van der Waals surface area contributed by atoms with Crippen LogP contribution in [0.1, 0.15) is 89.5 Å². The Balaban J connectivity index is 2.47. The Kier molecular flexibility index (Phi) is 10.0. The zero-order valence-corrected chi connectivity index (χ0v) is 23.6. The van der Waals surface area contributed by atoms with Crippen molar-refractivity contribution in [2.75, 3.05) is 11.9 Å². The fraction of sp³-hybridized carbons (Fsp3) is 0.519. The lowest BCUT2D eigenvalue weighted by Crippen LogP contribution is -2.45. The van der Waals surface area contributed by atoms with Gasteiger partial charge in [0.1, 0.15) is 16.9 Å². The van der Waals surface area contributed by atoms with Crippen molar-refractivity contribution in [1.29, 1.82) is 0 Å². The number of esters is 1. The topological polar surface area (TPSA) is 110 Å². The molecule has 0 radical (unpaired) electrons. The first-order chi connectivity index (χ1) is 17.2. The molecule has 9 nitrogen and oxygen atoms in total. The number of aromatic amines is 1. The summed E-state index contributed by atoms with van der Waals surface area (Å²) in [6.45, 7) is 14.5. The van der Waals surface area contributed by atoms with E-state index in [4.69, 9.17) is 25.8 Å². The van der Waals surface area contributed by atoms with Gasteiger partial charge in [-0.2, -0.15) is 0 Å². The highest BCUT2D eigenvalue weighted by molar-refractivity contribution is 6.30. The second-order valence-electron chi connectivity index (χ2n) is 10.4. The number of carbonyl (C=O) groups excluding carboxylic acids is 3. The quantitative estimate of drug-likeness (QED) is 0.274. The molecule has 0 aliphatic rings. The number of nitrogens with zero attached hydrogens (tertiary/aromatic N) is 1. The molecule has 10 heteroatoms. The third-order valence-corrected chi connectivity index (χ3v) is 5.28. The van der Waals surface area contributed by atoms with E-state index in [0.717, 1.165) is 10.5 Å². The summed E-state index contributed by atoms with van der Waals surface area (Å²) in [5, 5.41) is 3.68. The maximum Gasteiger partial charge on any atom is 0.420 e. The van der Waals surface area contributed by atoms with E-state index in [0.29, 0.717) is 28.4 Å². The third-order valence-electron chi connectivity index (χ3n) is 5.04. The number of carbonyl (C=O) groups is 3. The number of ether oxygens (including phenoxy) is 3. The predicted octanol–water partition coefficient (Wildman–Crippen LogP) is 7.08. The smallest absolute Gasteiger partial charge is 0.420 e. The van der Waals surface area contributed by atoms with Gasteiger partial charge in [-0.05, 0) is 84.2 Å². The summed E-state index contributed by atoms with van der Waals surface area (Å²) in [6, 6.07) is 6.26. The first-order valence-corrected chi connectivity index (χ1v) is 12.7. The second kappa shape index (κ2) is 12.4. The predicted molar refractivity (Wildman–Crippen MR) is 143 cm³/mol. The van der Waals surface area contributed by atoms with Gasteiger partial charge in [0.15, 0.2) is 0 Å². The summed E-state index contributed by atoms with van der Waals surface area (Å²) < 4.78 is 16.3. The Hall–Kier alpha value is -3.20. The largest absolute Gasteiger partial charge is 0.461 e. The molecule has 0 saturated heterocycles. The molecule has 0 saturated carbocycles. The minimum absolute atomic E-state index is 0.252. The number of amides is 2. The summed E-state index contributed by atoms with van der Waals surface area (Å²) in [6.07, 6.45) is 0.383. The van der Waals surface area contributed by atoms with Crippen molar-refractivity contribution in [3.05, 3.63) is 52.3 Å². The molecule has 2 rings (SSSR count). The van der Waals surface area contributed by atoms with Gasteiger partial charge in [0.25, 0.3) is 0 Å². The maximum atomic E-state index is 13.3. The van der Waals surface area contributed by atoms with Crippen molar-refractivity contribution in [2.45, 2.75) is 85.6 Å². The standard InChI is InChI=1S/C27H38ClN3O6/c1-9-21(31(24(33)36-26(3,4)5)25(34)37-27(6,7)8)19-15-18(28)12-11-17(19)16-30-20-13-14-29-22(20)23(32)35-10-2/h11-15,21,29-30H,9-10,16H2,1-8H3/t21-/m1/s1. The molecule has 1 aromatic carbocycles. The zero-order valence-electron chi connectivity index (χ0n) is 22.9. The lowest BCUT2D eigenvalue weighted by molar-refractivity contribution is -0.00815. The Morgan fingerprint density at radius 3 is 2.11 bits per heavy atom. The van der Waals surface area contributed by atoms with Crippen molar-refractivity contribution in [2.24, 2.45) is 0 Å². The summed E-state index contributed by atoms with van der Waals surface area (Å²) >= 11 is 6.36. The Labute approximate surface area is 223 Å². The molecule has 1 heterocycles. The number of hydrogen-bond acceptors (Lipinski definition) is 7. The van der Waals surface area contributed by atoms with Crippen molar-refractivity contribution in [3.8, 4) is 0 Å². The summed E-state index contributed by atoms with van der Waals surface area (Å²) in [4.78, 5) is 42.7. The molecule has 0 aliphatic carbocycles. The summed E-state index contributed by atoms with van der Waals surface area (Å²) in [5.74, 6) is -0.473. The van der Waals surface area contributed by atoms with Crippen molar-refractivity contribution >= 4 is 35.4 Å². The lowest BCUT2D eigenvalue weighted by Gasteiger charge is -2.34. The molecular formula is C27H38ClN3O6. The van der Waals surface area contributed by atoms with Gasteiger partial charge in [-0.25, -0.2) is 19.3 Å². The number of H-pyrrole nitrogens is 1. The number of anilines is 1. The van der Waals surface area contributed by atoms with Crippen molar-refractivity contribution < 1.29 is 28.6 Å². The van der Waals surface area contributed by atoms with Gasteiger partial charge >= 0.3 is 18.2 Å². The molecule has 0 unspecified atom stereocenters. The molecule has 0 aliphatic heterocycles. The maximum absolute atomic E-state index is 13.3. The fourth-order valence-electron chi connectivity index (χ4n) is 3.61. The molecule has 2 amide bonds. The molecule has 2 aromatic rings. The van der Waals surface area contributed by atoms with Crippen LogP contribution in [0.2, 0.25) is 5.02 Å². The van der Waals surface area contributed by atoms with E-state index in [1.165, 1.54) is 0 Å². The van der Waals surface area contributed by atoms with Gasteiger partial charge in [0, 0.05) is 17.8 Å². The number of halogens is 1. The Morgan fingerprint density at radius 1 is 1.00 bits per heavy atom. The number of hydrogen-bond donors (Lipinski definition) is 2. The fourth-order valence-corrected chi connectivity index (χ4v) is 3.79. The van der Waals surface area contributed by atoms with Gasteiger partial charge < -0.3 is 24.5 Å². The van der Waals surface area contributed by atoms with E-state index < -0.39 is 35.4 Å². The molecule has 1 aromatic heterocycles. The number of imide groups is 1.